The van der Waals surface area contributed by atoms with E-state index in [1.807, 2.05) is 50.6 Å². The Bertz CT molecular complexity index is 899. The van der Waals surface area contributed by atoms with Crippen LogP contribution in [0.5, 0.6) is 5.75 Å². The lowest BCUT2D eigenvalue weighted by atomic mass is 10.0. The molecule has 0 saturated carbocycles. The molecule has 0 aliphatic rings. The number of likely N-dealkylation sites (N-methyl/N-ethyl adjacent to an activating group) is 2. The van der Waals surface area contributed by atoms with Crippen molar-refractivity contribution in [1.82, 2.24) is 20.4 Å². The van der Waals surface area contributed by atoms with E-state index < -0.39 is 6.43 Å². The largest absolute Gasteiger partial charge is 0.489 e. The zero-order chi connectivity index (χ0) is 20.6. The molecule has 154 valence electrons. The summed E-state index contributed by atoms with van der Waals surface area (Å²) in [6.07, 6.45) is -0.778. The molecular weight excluding hydrogens is 374 g/mol. The molecule has 0 atom stereocenters. The molecule has 7 heteroatoms. The monoisotopic (exact) mass is 400 g/mol. The molecule has 0 saturated heterocycles. The number of aromatic amines is 1. The van der Waals surface area contributed by atoms with Crippen LogP contribution in [0.3, 0.4) is 0 Å². The summed E-state index contributed by atoms with van der Waals surface area (Å²) in [6, 6.07) is 14.3. The van der Waals surface area contributed by atoms with E-state index in [4.69, 9.17) is 4.74 Å². The van der Waals surface area contributed by atoms with Gasteiger partial charge in [-0.1, -0.05) is 30.3 Å². The van der Waals surface area contributed by atoms with Gasteiger partial charge in [0, 0.05) is 42.5 Å². The molecule has 3 rings (SSSR count). The van der Waals surface area contributed by atoms with Gasteiger partial charge in [-0.05, 0) is 37.9 Å². The van der Waals surface area contributed by atoms with Crippen molar-refractivity contribution in [2.45, 2.75) is 19.6 Å². The number of benzene rings is 2. The smallest absolute Gasteiger partial charge is 0.264 e. The van der Waals surface area contributed by atoms with Crippen molar-refractivity contribution in [2.24, 2.45) is 0 Å². The second-order valence-electron chi connectivity index (χ2n) is 6.97. The molecule has 3 aromatic rings. The number of aromatic nitrogens is 2. The highest BCUT2D eigenvalue weighted by Gasteiger charge is 2.16. The van der Waals surface area contributed by atoms with E-state index in [2.05, 4.69) is 20.4 Å². The predicted molar refractivity (Wildman–Crippen MR) is 110 cm³/mol. The highest BCUT2D eigenvalue weighted by Crippen LogP contribution is 2.32. The molecule has 29 heavy (non-hydrogen) atoms. The van der Waals surface area contributed by atoms with Gasteiger partial charge in [-0.2, -0.15) is 5.10 Å². The van der Waals surface area contributed by atoms with Crippen molar-refractivity contribution < 1.29 is 13.5 Å². The van der Waals surface area contributed by atoms with Gasteiger partial charge in [-0.25, -0.2) is 8.78 Å². The highest BCUT2D eigenvalue weighted by molar-refractivity contribution is 5.65. The maximum absolute atomic E-state index is 13.5. The normalized spacial score (nSPS) is 11.4. The van der Waals surface area contributed by atoms with Gasteiger partial charge in [0.2, 0.25) is 0 Å². The third-order valence-corrected chi connectivity index (χ3v) is 4.61. The van der Waals surface area contributed by atoms with Gasteiger partial charge in [-0.15, -0.1) is 0 Å². The van der Waals surface area contributed by atoms with Gasteiger partial charge in [0.25, 0.3) is 6.43 Å². The van der Waals surface area contributed by atoms with E-state index in [0.29, 0.717) is 30.2 Å². The number of nitrogens with one attached hydrogen (secondary N) is 2. The predicted octanol–water partition coefficient (Wildman–Crippen LogP) is 4.24. The number of alkyl halides is 2. The molecule has 0 fully saturated rings. The Kier molecular flexibility index (Phi) is 7.32. The number of hydrogen-bond donors (Lipinski definition) is 2. The summed E-state index contributed by atoms with van der Waals surface area (Å²) in [5.41, 5.74) is 3.12. The number of rotatable bonds is 10. The van der Waals surface area contributed by atoms with E-state index in [-0.39, 0.29) is 5.56 Å². The average Bonchev–Trinajstić information content (AvgIpc) is 3.19. The van der Waals surface area contributed by atoms with Crippen LogP contribution in [0.4, 0.5) is 8.78 Å². The molecule has 0 aliphatic heterocycles. The van der Waals surface area contributed by atoms with Gasteiger partial charge < -0.3 is 15.0 Å². The molecular formula is C22H26F2N4O. The van der Waals surface area contributed by atoms with Crippen molar-refractivity contribution in [3.8, 4) is 17.0 Å². The van der Waals surface area contributed by atoms with Gasteiger partial charge in [-0.3, -0.25) is 5.10 Å². The van der Waals surface area contributed by atoms with E-state index in [9.17, 15) is 8.78 Å². The lowest BCUT2D eigenvalue weighted by molar-refractivity contribution is 0.151. The summed E-state index contributed by atoms with van der Waals surface area (Å²) in [5.74, 6) is 0.402. The minimum absolute atomic E-state index is 0.0805. The molecule has 0 aliphatic carbocycles. The molecule has 2 N–H and O–H groups in total. The molecule has 0 bridgehead atoms. The fourth-order valence-corrected chi connectivity index (χ4v) is 3.07. The highest BCUT2D eigenvalue weighted by atomic mass is 19.3. The first-order chi connectivity index (χ1) is 14.1. The van der Waals surface area contributed by atoms with Crippen LogP contribution in [0.2, 0.25) is 0 Å². The van der Waals surface area contributed by atoms with Crippen molar-refractivity contribution in [3.05, 3.63) is 71.4 Å². The van der Waals surface area contributed by atoms with E-state index >= 15 is 0 Å². The van der Waals surface area contributed by atoms with Crippen LogP contribution in [-0.2, 0) is 13.2 Å². The topological polar surface area (TPSA) is 53.2 Å². The molecule has 0 spiro atoms. The lowest BCUT2D eigenvalue weighted by Crippen LogP contribution is -2.27. The molecule has 0 radical (unpaired) electrons. The first-order valence-corrected chi connectivity index (χ1v) is 9.53. The molecule has 2 aromatic carbocycles. The molecule has 1 aromatic heterocycles. The van der Waals surface area contributed by atoms with Crippen LogP contribution < -0.4 is 10.1 Å². The summed E-state index contributed by atoms with van der Waals surface area (Å²) in [7, 11) is 3.92. The Labute approximate surface area is 169 Å². The number of hydrogen-bond acceptors (Lipinski definition) is 4. The van der Waals surface area contributed by atoms with Crippen molar-refractivity contribution in [3.63, 3.8) is 0 Å². The Hall–Kier alpha value is -2.77. The minimum Gasteiger partial charge on any atom is -0.489 e. The van der Waals surface area contributed by atoms with Crippen LogP contribution in [0, 0.1) is 0 Å². The minimum atomic E-state index is -2.59. The van der Waals surface area contributed by atoms with Gasteiger partial charge >= 0.3 is 0 Å². The van der Waals surface area contributed by atoms with Gasteiger partial charge in [0.15, 0.2) is 0 Å². The second-order valence-corrected chi connectivity index (χ2v) is 6.97. The Morgan fingerprint density at radius 2 is 1.97 bits per heavy atom. The van der Waals surface area contributed by atoms with E-state index in [0.717, 1.165) is 24.2 Å². The SMILES string of the molecule is CNCCN(C)Cc1c[nH]nc1-c1cc(OCc2ccccc2)cc(C(F)F)c1. The zero-order valence-corrected chi connectivity index (χ0v) is 16.7. The van der Waals surface area contributed by atoms with Crippen molar-refractivity contribution >= 4 is 0 Å². The fraction of sp³-hybridized carbons (Fsp3) is 0.318. The number of ether oxygens (including phenoxy) is 1. The maximum Gasteiger partial charge on any atom is 0.264 e. The summed E-state index contributed by atoms with van der Waals surface area (Å²) in [4.78, 5) is 2.15. The lowest BCUT2D eigenvalue weighted by Gasteiger charge is -2.16. The van der Waals surface area contributed by atoms with E-state index in [1.54, 1.807) is 6.07 Å². The van der Waals surface area contributed by atoms with Crippen LogP contribution >= 0.6 is 0 Å². The van der Waals surface area contributed by atoms with Gasteiger partial charge in [0.05, 0.1) is 5.69 Å². The summed E-state index contributed by atoms with van der Waals surface area (Å²) in [5, 5.41) is 10.3. The Balaban J connectivity index is 1.83. The molecule has 0 amide bonds. The standard InChI is InChI=1S/C22H26F2N4O/c1-25-8-9-28(2)14-19-13-26-27-21(19)17-10-18(22(23)24)12-20(11-17)29-15-16-6-4-3-5-7-16/h3-7,10-13,22,25H,8-9,14-15H2,1-2H3,(H,26,27). The van der Waals surface area contributed by atoms with E-state index in [1.165, 1.54) is 12.1 Å². The number of nitrogens with zero attached hydrogens (tertiary/aromatic N) is 2. The second kappa shape index (κ2) is 10.1. The van der Waals surface area contributed by atoms with Crippen molar-refractivity contribution in [1.29, 1.82) is 0 Å². The average molecular weight is 400 g/mol. The summed E-state index contributed by atoms with van der Waals surface area (Å²) in [6.45, 7) is 2.70. The maximum atomic E-state index is 13.5. The fourth-order valence-electron chi connectivity index (χ4n) is 3.07. The Morgan fingerprint density at radius 3 is 2.69 bits per heavy atom. The van der Waals surface area contributed by atoms with Crippen molar-refractivity contribution in [2.75, 3.05) is 27.2 Å². The number of H-pyrrole nitrogens is 1. The molecule has 0 unspecified atom stereocenters. The summed E-state index contributed by atoms with van der Waals surface area (Å²) < 4.78 is 32.8. The van der Waals surface area contributed by atoms with Crippen LogP contribution in [0.25, 0.3) is 11.3 Å². The third kappa shape index (κ3) is 5.85. The quantitative estimate of drug-likeness (QED) is 0.534. The van der Waals surface area contributed by atoms with Crippen LogP contribution in [0.1, 0.15) is 23.1 Å². The Morgan fingerprint density at radius 1 is 1.17 bits per heavy atom. The summed E-state index contributed by atoms with van der Waals surface area (Å²) >= 11 is 0. The number of halogens is 2. The first-order valence-electron chi connectivity index (χ1n) is 9.53. The first kappa shape index (κ1) is 21.0. The van der Waals surface area contributed by atoms with Crippen LogP contribution in [-0.4, -0.2) is 42.3 Å². The molecule has 1 heterocycles. The zero-order valence-electron chi connectivity index (χ0n) is 16.7. The third-order valence-electron chi connectivity index (χ3n) is 4.61. The van der Waals surface area contributed by atoms with Crippen LogP contribution in [0.15, 0.2) is 54.7 Å². The molecule has 5 nitrogen and oxygen atoms in total. The van der Waals surface area contributed by atoms with Gasteiger partial charge in [0.1, 0.15) is 12.4 Å².